The molecule has 1 saturated heterocycles. The standard InChI is InChI=1S/C9H13NO2/c1-3-7-6(5-10)9(11)8(4-2)12-7/h6-8H,3-4H2,1-2H3. The fraction of sp³-hybridized carbons (Fsp3) is 0.778. The minimum Gasteiger partial charge on any atom is -0.365 e. The maximum absolute atomic E-state index is 11.4. The normalized spacial score (nSPS) is 35.1. The predicted molar refractivity (Wildman–Crippen MR) is 43.4 cm³/mol. The topological polar surface area (TPSA) is 50.1 Å². The minimum absolute atomic E-state index is 0.0353. The molecule has 0 N–H and O–H groups in total. The number of carbonyl (C=O) groups excluding carboxylic acids is 1. The van der Waals surface area contributed by atoms with Gasteiger partial charge in [-0.15, -0.1) is 0 Å². The third kappa shape index (κ3) is 1.35. The van der Waals surface area contributed by atoms with Crippen molar-refractivity contribution in [3.63, 3.8) is 0 Å². The summed E-state index contributed by atoms with van der Waals surface area (Å²) in [5.41, 5.74) is 0. The van der Waals surface area contributed by atoms with E-state index >= 15 is 0 Å². The average Bonchev–Trinajstić information content (AvgIpc) is 2.41. The van der Waals surface area contributed by atoms with Crippen molar-refractivity contribution in [2.75, 3.05) is 0 Å². The van der Waals surface area contributed by atoms with Gasteiger partial charge >= 0.3 is 0 Å². The molecule has 0 amide bonds. The van der Waals surface area contributed by atoms with Crippen molar-refractivity contribution in [2.45, 2.75) is 38.9 Å². The molecule has 1 aliphatic rings. The summed E-state index contributed by atoms with van der Waals surface area (Å²) in [4.78, 5) is 11.4. The highest BCUT2D eigenvalue weighted by molar-refractivity contribution is 5.89. The highest BCUT2D eigenvalue weighted by Crippen LogP contribution is 2.26. The molecule has 0 aliphatic carbocycles. The van der Waals surface area contributed by atoms with Crippen molar-refractivity contribution in [1.82, 2.24) is 0 Å². The molecule has 12 heavy (non-hydrogen) atoms. The summed E-state index contributed by atoms with van der Waals surface area (Å²) < 4.78 is 5.40. The molecule has 0 aromatic carbocycles. The van der Waals surface area contributed by atoms with Crippen LogP contribution in [0.25, 0.3) is 0 Å². The Labute approximate surface area is 72.3 Å². The molecule has 1 aliphatic heterocycles. The quantitative estimate of drug-likeness (QED) is 0.622. The van der Waals surface area contributed by atoms with Gasteiger partial charge in [0.25, 0.3) is 0 Å². The minimum atomic E-state index is -0.528. The van der Waals surface area contributed by atoms with Gasteiger partial charge in [-0.3, -0.25) is 4.79 Å². The van der Waals surface area contributed by atoms with E-state index in [0.29, 0.717) is 6.42 Å². The lowest BCUT2D eigenvalue weighted by molar-refractivity contribution is -0.123. The van der Waals surface area contributed by atoms with Crippen molar-refractivity contribution >= 4 is 5.78 Å². The average molecular weight is 167 g/mol. The lowest BCUT2D eigenvalue weighted by atomic mass is 9.97. The van der Waals surface area contributed by atoms with E-state index in [1.807, 2.05) is 19.9 Å². The van der Waals surface area contributed by atoms with Gasteiger partial charge in [-0.2, -0.15) is 5.26 Å². The summed E-state index contributed by atoms with van der Waals surface area (Å²) in [6.07, 6.45) is 0.903. The summed E-state index contributed by atoms with van der Waals surface area (Å²) in [7, 11) is 0. The molecule has 0 aromatic rings. The second kappa shape index (κ2) is 3.68. The molecule has 0 spiro atoms. The predicted octanol–water partition coefficient (Wildman–Crippen LogP) is 1.28. The van der Waals surface area contributed by atoms with E-state index < -0.39 is 5.92 Å². The monoisotopic (exact) mass is 167 g/mol. The first-order valence-electron chi connectivity index (χ1n) is 4.33. The second-order valence-corrected chi connectivity index (χ2v) is 2.99. The first-order chi connectivity index (χ1) is 5.74. The van der Waals surface area contributed by atoms with Gasteiger partial charge in [-0.05, 0) is 12.8 Å². The number of hydrogen-bond donors (Lipinski definition) is 0. The zero-order valence-electron chi connectivity index (χ0n) is 7.41. The molecule has 3 atom stereocenters. The van der Waals surface area contributed by atoms with Crippen LogP contribution in [-0.2, 0) is 9.53 Å². The molecule has 0 radical (unpaired) electrons. The summed E-state index contributed by atoms with van der Waals surface area (Å²) in [5.74, 6) is -0.563. The zero-order chi connectivity index (χ0) is 9.14. The first-order valence-corrected chi connectivity index (χ1v) is 4.33. The molecular formula is C9H13NO2. The van der Waals surface area contributed by atoms with Gasteiger partial charge in [0.15, 0.2) is 5.78 Å². The van der Waals surface area contributed by atoms with E-state index in [-0.39, 0.29) is 18.0 Å². The third-order valence-corrected chi connectivity index (χ3v) is 2.25. The number of Topliss-reactive ketones (excluding diaryl/α,β-unsaturated/α-hetero) is 1. The Morgan fingerprint density at radius 2 is 2.17 bits per heavy atom. The Morgan fingerprint density at radius 1 is 1.50 bits per heavy atom. The Bertz CT molecular complexity index is 219. The molecule has 3 heteroatoms. The van der Waals surface area contributed by atoms with Gasteiger partial charge in [-0.1, -0.05) is 13.8 Å². The molecule has 0 aromatic heterocycles. The van der Waals surface area contributed by atoms with Crippen molar-refractivity contribution in [2.24, 2.45) is 5.92 Å². The van der Waals surface area contributed by atoms with Gasteiger partial charge in [-0.25, -0.2) is 0 Å². The number of ketones is 1. The second-order valence-electron chi connectivity index (χ2n) is 2.99. The van der Waals surface area contributed by atoms with Gasteiger partial charge in [0.1, 0.15) is 12.0 Å². The largest absolute Gasteiger partial charge is 0.365 e. The van der Waals surface area contributed by atoms with E-state index in [0.717, 1.165) is 6.42 Å². The zero-order valence-corrected chi connectivity index (χ0v) is 7.41. The van der Waals surface area contributed by atoms with E-state index in [9.17, 15) is 4.79 Å². The van der Waals surface area contributed by atoms with E-state index in [1.165, 1.54) is 0 Å². The highest BCUT2D eigenvalue weighted by Gasteiger charge is 2.41. The summed E-state index contributed by atoms with van der Waals surface area (Å²) in [5, 5.41) is 8.70. The van der Waals surface area contributed by atoms with E-state index in [2.05, 4.69) is 0 Å². The lowest BCUT2D eigenvalue weighted by Crippen LogP contribution is -2.19. The number of nitrogens with zero attached hydrogens (tertiary/aromatic N) is 1. The van der Waals surface area contributed by atoms with E-state index in [1.54, 1.807) is 0 Å². The van der Waals surface area contributed by atoms with Gasteiger partial charge in [0, 0.05) is 0 Å². The van der Waals surface area contributed by atoms with Crippen LogP contribution in [0.4, 0.5) is 0 Å². The molecule has 66 valence electrons. The van der Waals surface area contributed by atoms with Crippen molar-refractivity contribution in [3.8, 4) is 6.07 Å². The lowest BCUT2D eigenvalue weighted by Gasteiger charge is -2.08. The van der Waals surface area contributed by atoms with Crippen LogP contribution < -0.4 is 0 Å². The van der Waals surface area contributed by atoms with Crippen LogP contribution >= 0.6 is 0 Å². The fourth-order valence-corrected chi connectivity index (χ4v) is 1.52. The summed E-state index contributed by atoms with van der Waals surface area (Å²) in [6, 6.07) is 2.00. The molecule has 3 nitrogen and oxygen atoms in total. The molecule has 1 fully saturated rings. The fourth-order valence-electron chi connectivity index (χ4n) is 1.52. The maximum atomic E-state index is 11.4. The number of ether oxygens (including phenoxy) is 1. The SMILES string of the molecule is CCC1OC(CC)C(C#N)C1=O. The first kappa shape index (κ1) is 9.21. The van der Waals surface area contributed by atoms with Crippen LogP contribution in [0.15, 0.2) is 0 Å². The Kier molecular flexibility index (Phi) is 2.83. The van der Waals surface area contributed by atoms with Gasteiger partial charge in [0.2, 0.25) is 0 Å². The smallest absolute Gasteiger partial charge is 0.181 e. The van der Waals surface area contributed by atoms with Crippen LogP contribution in [0.1, 0.15) is 26.7 Å². The maximum Gasteiger partial charge on any atom is 0.181 e. The molecule has 1 rings (SSSR count). The Balaban J connectivity index is 2.73. The molecule has 0 bridgehead atoms. The van der Waals surface area contributed by atoms with Gasteiger partial charge < -0.3 is 4.74 Å². The molecular weight excluding hydrogens is 154 g/mol. The van der Waals surface area contributed by atoms with Crippen molar-refractivity contribution in [3.05, 3.63) is 0 Å². The van der Waals surface area contributed by atoms with Crippen LogP contribution in [0.5, 0.6) is 0 Å². The highest BCUT2D eigenvalue weighted by atomic mass is 16.5. The number of rotatable bonds is 2. The Morgan fingerprint density at radius 3 is 2.50 bits per heavy atom. The Hall–Kier alpha value is -0.880. The van der Waals surface area contributed by atoms with Crippen molar-refractivity contribution < 1.29 is 9.53 Å². The molecule has 1 heterocycles. The number of hydrogen-bond acceptors (Lipinski definition) is 3. The molecule has 0 saturated carbocycles. The number of carbonyl (C=O) groups is 1. The van der Waals surface area contributed by atoms with Crippen LogP contribution in [0.2, 0.25) is 0 Å². The van der Waals surface area contributed by atoms with Crippen LogP contribution in [-0.4, -0.2) is 18.0 Å². The summed E-state index contributed by atoms with van der Waals surface area (Å²) >= 11 is 0. The van der Waals surface area contributed by atoms with Crippen molar-refractivity contribution in [1.29, 1.82) is 5.26 Å². The van der Waals surface area contributed by atoms with Gasteiger partial charge in [0.05, 0.1) is 12.2 Å². The third-order valence-electron chi connectivity index (χ3n) is 2.25. The van der Waals surface area contributed by atoms with E-state index in [4.69, 9.17) is 10.00 Å². The number of nitriles is 1. The molecule has 3 unspecified atom stereocenters. The van der Waals surface area contributed by atoms with Crippen LogP contribution in [0.3, 0.4) is 0 Å². The van der Waals surface area contributed by atoms with Crippen LogP contribution in [0, 0.1) is 17.2 Å². The summed E-state index contributed by atoms with van der Waals surface area (Å²) in [6.45, 7) is 3.83.